The van der Waals surface area contributed by atoms with E-state index in [1.54, 1.807) is 13.2 Å². The van der Waals surface area contributed by atoms with Crippen molar-refractivity contribution < 1.29 is 14.9 Å². The van der Waals surface area contributed by atoms with Crippen LogP contribution in [-0.2, 0) is 4.74 Å². The molecule has 0 fully saturated rings. The first-order chi connectivity index (χ1) is 9.33. The summed E-state index contributed by atoms with van der Waals surface area (Å²) in [5.74, 6) is 0. The molecule has 116 valence electrons. The summed E-state index contributed by atoms with van der Waals surface area (Å²) in [7, 11) is 1.64. The summed E-state index contributed by atoms with van der Waals surface area (Å²) < 4.78 is 4.57. The molecule has 0 spiro atoms. The average molecular weight is 274 g/mol. The van der Waals surface area contributed by atoms with Crippen LogP contribution in [0.4, 0.5) is 0 Å². The first-order valence-corrected chi connectivity index (χ1v) is 5.15. The van der Waals surface area contributed by atoms with Gasteiger partial charge in [0.25, 0.3) is 0 Å². The Balaban J connectivity index is -0.0000000187. The predicted octanol–water partition coefficient (Wildman–Crippen LogP) is 3.80. The lowest BCUT2D eigenvalue weighted by Gasteiger charge is -1.79. The van der Waals surface area contributed by atoms with E-state index in [0.717, 1.165) is 0 Å². The summed E-state index contributed by atoms with van der Waals surface area (Å²) >= 11 is 0. The quantitative estimate of drug-likeness (QED) is 0.770. The molecule has 0 aliphatic carbocycles. The van der Waals surface area contributed by atoms with Gasteiger partial charge in [0.1, 0.15) is 0 Å². The third-order valence-electron chi connectivity index (χ3n) is 0.385. The molecular weight excluding hydrogens is 240 g/mol. The van der Waals surface area contributed by atoms with Crippen molar-refractivity contribution in [1.82, 2.24) is 0 Å². The van der Waals surface area contributed by atoms with Crippen molar-refractivity contribution in [3.63, 3.8) is 0 Å². The summed E-state index contributed by atoms with van der Waals surface area (Å²) in [6.45, 7) is 33.8. The predicted molar refractivity (Wildman–Crippen MR) is 92.5 cm³/mol. The molecule has 0 aromatic rings. The van der Waals surface area contributed by atoms with Crippen LogP contribution in [0.25, 0.3) is 0 Å². The number of aliphatic hydroxyl groups excluding tert-OH is 2. The van der Waals surface area contributed by atoms with Crippen LogP contribution in [0.15, 0.2) is 78.4 Å². The van der Waals surface area contributed by atoms with Crippen molar-refractivity contribution in [2.24, 2.45) is 0 Å². The summed E-state index contributed by atoms with van der Waals surface area (Å²) in [6, 6.07) is 0. The molecule has 3 heteroatoms. The highest BCUT2D eigenvalue weighted by Crippen LogP contribution is 1.60. The molecule has 0 rings (SSSR count). The second-order valence-corrected chi connectivity index (χ2v) is 1.19. The monoisotopic (exact) mass is 274 g/mol. The zero-order valence-corrected chi connectivity index (χ0v) is 12.8. The van der Waals surface area contributed by atoms with Crippen molar-refractivity contribution in [1.29, 1.82) is 0 Å². The highest BCUT2D eigenvalue weighted by molar-refractivity contribution is 4.62. The summed E-state index contributed by atoms with van der Waals surface area (Å²) in [5, 5.41) is 15.2. The maximum Gasteiger partial charge on any atom is 0.0662 e. The fraction of sp³-hybridized carbons (Fsp3) is 0.250. The zero-order chi connectivity index (χ0) is 17.5. The molecule has 0 radical (unpaired) electrons. The smallest absolute Gasteiger partial charge is 0.0662 e. The molecule has 0 saturated carbocycles. The topological polar surface area (TPSA) is 49.7 Å². The molecular formula is C16H34O3. The number of methoxy groups -OCH3 is 1. The molecule has 0 amide bonds. The normalized spacial score (nSPS) is 4.58. The molecule has 3 nitrogen and oxygen atoms in total. The average Bonchev–Trinajstić information content (AvgIpc) is 2.58. The van der Waals surface area contributed by atoms with Crippen LogP contribution in [0.2, 0.25) is 0 Å². The lowest BCUT2D eigenvalue weighted by atomic mass is 10.7. The van der Waals surface area contributed by atoms with Crippen LogP contribution in [0.3, 0.4) is 0 Å². The van der Waals surface area contributed by atoms with Gasteiger partial charge in [-0.2, -0.15) is 0 Å². The third-order valence-corrected chi connectivity index (χ3v) is 0.385. The van der Waals surface area contributed by atoms with E-state index in [9.17, 15) is 0 Å². The first kappa shape index (κ1) is 43.3. The maximum absolute atomic E-state index is 7.62. The summed E-state index contributed by atoms with van der Waals surface area (Å²) in [4.78, 5) is 0. The van der Waals surface area contributed by atoms with E-state index in [4.69, 9.17) is 10.2 Å². The second kappa shape index (κ2) is 348. The molecule has 0 aromatic heterocycles. The lowest BCUT2D eigenvalue weighted by Crippen LogP contribution is -1.85. The Bertz CT molecular complexity index is 82.4. The Morgan fingerprint density at radius 1 is 0.737 bits per heavy atom. The molecule has 0 aromatic carbocycles. The zero-order valence-electron chi connectivity index (χ0n) is 12.8. The van der Waals surface area contributed by atoms with Crippen LogP contribution >= 0.6 is 0 Å². The molecule has 19 heavy (non-hydrogen) atoms. The SMILES string of the molecule is C=C.C=C.C=C.C=C.C=C.C=CCOC.OCCO. The van der Waals surface area contributed by atoms with Gasteiger partial charge in [0.15, 0.2) is 0 Å². The van der Waals surface area contributed by atoms with Gasteiger partial charge in [0.05, 0.1) is 19.8 Å². The van der Waals surface area contributed by atoms with Gasteiger partial charge < -0.3 is 14.9 Å². The van der Waals surface area contributed by atoms with Gasteiger partial charge in [0, 0.05) is 7.11 Å². The van der Waals surface area contributed by atoms with Gasteiger partial charge in [-0.1, -0.05) is 6.08 Å². The van der Waals surface area contributed by atoms with Gasteiger partial charge in [-0.25, -0.2) is 0 Å². The highest BCUT2D eigenvalue weighted by atomic mass is 16.5. The Labute approximate surface area is 121 Å². The minimum atomic E-state index is -0.125. The van der Waals surface area contributed by atoms with Crippen molar-refractivity contribution in [3.05, 3.63) is 78.4 Å². The van der Waals surface area contributed by atoms with Crippen molar-refractivity contribution in [3.8, 4) is 0 Å². The van der Waals surface area contributed by atoms with Crippen molar-refractivity contribution >= 4 is 0 Å². The number of rotatable bonds is 3. The molecule has 0 aliphatic heterocycles. The standard InChI is InChI=1S/C4H8O.C2H6O2.5C2H4/c1-3-4-5-2;3-1-2-4;5*1-2/h3H,1,4H2,2H3;3-4H,1-2H2;5*1-2H2. The van der Waals surface area contributed by atoms with E-state index in [2.05, 4.69) is 77.1 Å². The number of ether oxygens (including phenoxy) is 1. The van der Waals surface area contributed by atoms with Crippen LogP contribution in [-0.4, -0.2) is 37.1 Å². The summed E-state index contributed by atoms with van der Waals surface area (Å²) in [5.41, 5.74) is 0. The van der Waals surface area contributed by atoms with Gasteiger partial charge in [-0.05, 0) is 0 Å². The number of hydrogen-bond donors (Lipinski definition) is 2. The Morgan fingerprint density at radius 2 is 0.947 bits per heavy atom. The van der Waals surface area contributed by atoms with Crippen LogP contribution in [0.5, 0.6) is 0 Å². The van der Waals surface area contributed by atoms with Crippen molar-refractivity contribution in [2.45, 2.75) is 0 Å². The highest BCUT2D eigenvalue weighted by Gasteiger charge is 1.58. The fourth-order valence-electron chi connectivity index (χ4n) is 0.118. The van der Waals surface area contributed by atoms with Gasteiger partial charge in [0.2, 0.25) is 0 Å². The van der Waals surface area contributed by atoms with E-state index in [1.807, 2.05) is 0 Å². The fourth-order valence-corrected chi connectivity index (χ4v) is 0.118. The van der Waals surface area contributed by atoms with E-state index < -0.39 is 0 Å². The van der Waals surface area contributed by atoms with Gasteiger partial charge >= 0.3 is 0 Å². The Morgan fingerprint density at radius 3 is 0.947 bits per heavy atom. The molecule has 0 bridgehead atoms. The van der Waals surface area contributed by atoms with Gasteiger partial charge in [-0.3, -0.25) is 0 Å². The number of aliphatic hydroxyl groups is 2. The molecule has 0 aliphatic rings. The van der Waals surface area contributed by atoms with E-state index in [1.165, 1.54) is 0 Å². The summed E-state index contributed by atoms with van der Waals surface area (Å²) in [6.07, 6.45) is 1.71. The van der Waals surface area contributed by atoms with Crippen LogP contribution in [0, 0.1) is 0 Å². The van der Waals surface area contributed by atoms with Crippen LogP contribution < -0.4 is 0 Å². The lowest BCUT2D eigenvalue weighted by molar-refractivity contribution is 0.186. The van der Waals surface area contributed by atoms with E-state index >= 15 is 0 Å². The molecule has 2 N–H and O–H groups in total. The molecule has 0 heterocycles. The third kappa shape index (κ3) is 1920. The molecule has 0 atom stereocenters. The largest absolute Gasteiger partial charge is 0.394 e. The maximum atomic E-state index is 7.62. The van der Waals surface area contributed by atoms with E-state index in [0.29, 0.717) is 6.61 Å². The van der Waals surface area contributed by atoms with Gasteiger partial charge in [-0.15, -0.1) is 72.4 Å². The second-order valence-electron chi connectivity index (χ2n) is 1.19. The molecule has 0 unspecified atom stereocenters. The van der Waals surface area contributed by atoms with Crippen molar-refractivity contribution in [2.75, 3.05) is 26.9 Å². The first-order valence-electron chi connectivity index (χ1n) is 5.15. The Hall–Kier alpha value is -1.68. The minimum Gasteiger partial charge on any atom is -0.394 e. The van der Waals surface area contributed by atoms with E-state index in [-0.39, 0.29) is 13.2 Å². The number of hydrogen-bond acceptors (Lipinski definition) is 3. The molecule has 0 saturated heterocycles. The van der Waals surface area contributed by atoms with Crippen LogP contribution in [0.1, 0.15) is 0 Å². The Kier molecular flexibility index (Phi) is 792. The minimum absolute atomic E-state index is 0.125.